The van der Waals surface area contributed by atoms with Gasteiger partial charge in [0.05, 0.1) is 30.2 Å². The molecule has 17 heavy (non-hydrogen) atoms. The maximum atomic E-state index is 10.7. The van der Waals surface area contributed by atoms with Crippen molar-refractivity contribution in [1.29, 1.82) is 5.26 Å². The summed E-state index contributed by atoms with van der Waals surface area (Å²) in [5.74, 6) is 0.314. The van der Waals surface area contributed by atoms with E-state index < -0.39 is 10.0 Å². The van der Waals surface area contributed by atoms with Crippen molar-refractivity contribution >= 4 is 15.7 Å². The van der Waals surface area contributed by atoms with E-state index >= 15 is 0 Å². The minimum atomic E-state index is -3.48. The van der Waals surface area contributed by atoms with Crippen LogP contribution in [-0.2, 0) is 10.0 Å². The van der Waals surface area contributed by atoms with E-state index in [4.69, 9.17) is 15.1 Å². The van der Waals surface area contributed by atoms with E-state index in [0.29, 0.717) is 17.0 Å². The smallest absolute Gasteiger partial charge is 0.210 e. The van der Waals surface area contributed by atoms with Gasteiger partial charge in [-0.3, -0.25) is 0 Å². The van der Waals surface area contributed by atoms with Crippen LogP contribution in [0.3, 0.4) is 0 Å². The fraction of sp³-hybridized carbons (Fsp3) is 0.300. The maximum Gasteiger partial charge on any atom is 0.210 e. The molecule has 0 saturated carbocycles. The van der Waals surface area contributed by atoms with Crippen molar-refractivity contribution in [3.8, 4) is 11.8 Å². The summed E-state index contributed by atoms with van der Waals surface area (Å²) in [6.45, 7) is 0.182. The van der Waals surface area contributed by atoms with Crippen molar-refractivity contribution in [2.75, 3.05) is 24.7 Å². The lowest BCUT2D eigenvalue weighted by molar-refractivity contribution is 0.416. The van der Waals surface area contributed by atoms with Gasteiger partial charge >= 0.3 is 0 Å². The topological polar surface area (TPSA) is 105 Å². The van der Waals surface area contributed by atoms with Gasteiger partial charge in [-0.2, -0.15) is 5.26 Å². The van der Waals surface area contributed by atoms with Gasteiger partial charge in [-0.05, 0) is 12.1 Å². The number of hydrogen-bond donors (Lipinski definition) is 2. The lowest BCUT2D eigenvalue weighted by Crippen LogP contribution is -2.22. The molecule has 92 valence electrons. The Morgan fingerprint density at radius 2 is 2.24 bits per heavy atom. The summed E-state index contributed by atoms with van der Waals surface area (Å²) in [5, 5.41) is 16.5. The lowest BCUT2D eigenvalue weighted by Gasteiger charge is -2.10. The van der Waals surface area contributed by atoms with E-state index in [0.717, 1.165) is 0 Å². The van der Waals surface area contributed by atoms with Crippen molar-refractivity contribution in [1.82, 2.24) is 0 Å². The molecule has 0 unspecified atom stereocenters. The van der Waals surface area contributed by atoms with E-state index in [9.17, 15) is 8.42 Å². The van der Waals surface area contributed by atoms with Crippen LogP contribution in [0.1, 0.15) is 5.56 Å². The summed E-state index contributed by atoms with van der Waals surface area (Å²) in [6, 6.07) is 6.82. The third-order valence-electron chi connectivity index (χ3n) is 2.03. The molecule has 7 heteroatoms. The molecule has 0 aliphatic rings. The third-order valence-corrected chi connectivity index (χ3v) is 2.81. The SMILES string of the molecule is COc1cc(C#N)ccc1NCCS(N)(=O)=O. The number of sulfonamides is 1. The molecule has 0 bridgehead atoms. The lowest BCUT2D eigenvalue weighted by atomic mass is 10.2. The monoisotopic (exact) mass is 255 g/mol. The number of nitriles is 1. The van der Waals surface area contributed by atoms with Crippen LogP contribution in [0.15, 0.2) is 18.2 Å². The highest BCUT2D eigenvalue weighted by Crippen LogP contribution is 2.24. The molecule has 0 aliphatic carbocycles. The standard InChI is InChI=1S/C10H13N3O3S/c1-16-10-6-8(7-11)2-3-9(10)13-4-5-17(12,14)15/h2-3,6,13H,4-5H2,1H3,(H2,12,14,15). The Hall–Kier alpha value is -1.78. The second kappa shape index (κ2) is 5.52. The van der Waals surface area contributed by atoms with E-state index in [1.807, 2.05) is 6.07 Å². The highest BCUT2D eigenvalue weighted by molar-refractivity contribution is 7.89. The molecule has 0 heterocycles. The zero-order valence-electron chi connectivity index (χ0n) is 9.30. The van der Waals surface area contributed by atoms with E-state index in [-0.39, 0.29) is 12.3 Å². The van der Waals surface area contributed by atoms with Crippen LogP contribution in [0, 0.1) is 11.3 Å². The Balaban J connectivity index is 2.75. The second-order valence-corrected chi connectivity index (χ2v) is 5.05. The fourth-order valence-corrected chi connectivity index (χ4v) is 1.62. The highest BCUT2D eigenvalue weighted by Gasteiger charge is 2.06. The van der Waals surface area contributed by atoms with Gasteiger partial charge in [0.2, 0.25) is 10.0 Å². The van der Waals surface area contributed by atoms with Crippen LogP contribution < -0.4 is 15.2 Å². The first-order valence-corrected chi connectivity index (χ1v) is 6.50. The Morgan fingerprint density at radius 3 is 2.76 bits per heavy atom. The average molecular weight is 255 g/mol. The normalized spacial score (nSPS) is 10.6. The van der Waals surface area contributed by atoms with Crippen LogP contribution in [0.2, 0.25) is 0 Å². The first-order chi connectivity index (χ1) is 7.96. The first-order valence-electron chi connectivity index (χ1n) is 4.79. The summed E-state index contributed by atoms with van der Waals surface area (Å²) in [7, 11) is -2.01. The minimum Gasteiger partial charge on any atom is -0.495 e. The summed E-state index contributed by atoms with van der Waals surface area (Å²) in [4.78, 5) is 0. The largest absolute Gasteiger partial charge is 0.495 e. The van der Waals surface area contributed by atoms with Crippen molar-refractivity contribution in [2.24, 2.45) is 5.14 Å². The predicted octanol–water partition coefficient (Wildman–Crippen LogP) is 0.267. The van der Waals surface area contributed by atoms with Crippen molar-refractivity contribution in [3.05, 3.63) is 23.8 Å². The molecule has 0 spiro atoms. The van der Waals surface area contributed by atoms with Gasteiger partial charge < -0.3 is 10.1 Å². The van der Waals surface area contributed by atoms with E-state index in [1.165, 1.54) is 7.11 Å². The average Bonchev–Trinajstić information content (AvgIpc) is 2.27. The minimum absolute atomic E-state index is 0.170. The molecular formula is C10H13N3O3S. The second-order valence-electron chi connectivity index (χ2n) is 3.32. The van der Waals surface area contributed by atoms with Crippen molar-refractivity contribution in [2.45, 2.75) is 0 Å². The molecule has 1 aromatic rings. The molecule has 0 aliphatic heterocycles. The van der Waals surface area contributed by atoms with Gasteiger partial charge in [-0.15, -0.1) is 0 Å². The molecule has 6 nitrogen and oxygen atoms in total. The molecular weight excluding hydrogens is 242 g/mol. The van der Waals surface area contributed by atoms with Crippen LogP contribution >= 0.6 is 0 Å². The van der Waals surface area contributed by atoms with Gasteiger partial charge in [0.25, 0.3) is 0 Å². The summed E-state index contributed by atoms with van der Waals surface area (Å²) >= 11 is 0. The Morgan fingerprint density at radius 1 is 1.53 bits per heavy atom. The molecule has 1 rings (SSSR count). The van der Waals surface area contributed by atoms with Gasteiger partial charge in [0.1, 0.15) is 5.75 Å². The van der Waals surface area contributed by atoms with Crippen LogP contribution in [0.4, 0.5) is 5.69 Å². The van der Waals surface area contributed by atoms with E-state index in [2.05, 4.69) is 5.32 Å². The van der Waals surface area contributed by atoms with Crippen LogP contribution in [-0.4, -0.2) is 27.8 Å². The number of methoxy groups -OCH3 is 1. The van der Waals surface area contributed by atoms with Crippen molar-refractivity contribution in [3.63, 3.8) is 0 Å². The molecule has 0 saturated heterocycles. The van der Waals surface area contributed by atoms with Gasteiger partial charge in [0, 0.05) is 12.6 Å². The van der Waals surface area contributed by atoms with Gasteiger partial charge in [-0.1, -0.05) is 0 Å². The number of primary sulfonamides is 1. The number of nitrogens with one attached hydrogen (secondary N) is 1. The molecule has 0 amide bonds. The van der Waals surface area contributed by atoms with Gasteiger partial charge in [-0.25, -0.2) is 13.6 Å². The number of nitrogens with two attached hydrogens (primary N) is 1. The molecule has 1 aromatic carbocycles. The zero-order valence-corrected chi connectivity index (χ0v) is 10.1. The Kier molecular flexibility index (Phi) is 4.31. The zero-order chi connectivity index (χ0) is 12.9. The summed E-state index contributed by atoms with van der Waals surface area (Å²) in [6.07, 6.45) is 0. The number of benzene rings is 1. The number of rotatable bonds is 5. The van der Waals surface area contributed by atoms with E-state index in [1.54, 1.807) is 18.2 Å². The maximum absolute atomic E-state index is 10.7. The molecule has 3 N–H and O–H groups in total. The van der Waals surface area contributed by atoms with Crippen LogP contribution in [0.5, 0.6) is 5.75 Å². The Labute approximate surface area is 100 Å². The fourth-order valence-electron chi connectivity index (χ4n) is 1.23. The number of hydrogen-bond acceptors (Lipinski definition) is 5. The summed E-state index contributed by atoms with van der Waals surface area (Å²) in [5.41, 5.74) is 1.09. The molecule has 0 atom stereocenters. The molecule has 0 aromatic heterocycles. The number of nitrogens with zero attached hydrogens (tertiary/aromatic N) is 1. The molecule has 0 fully saturated rings. The Bertz CT molecular complexity index is 534. The van der Waals surface area contributed by atoms with Crippen molar-refractivity contribution < 1.29 is 13.2 Å². The van der Waals surface area contributed by atoms with Crippen LogP contribution in [0.25, 0.3) is 0 Å². The van der Waals surface area contributed by atoms with Gasteiger partial charge in [0.15, 0.2) is 0 Å². The number of anilines is 1. The predicted molar refractivity (Wildman–Crippen MR) is 64.2 cm³/mol. The summed E-state index contributed by atoms with van der Waals surface area (Å²) < 4.78 is 26.6. The molecule has 0 radical (unpaired) electrons. The first kappa shape index (κ1) is 13.3. The number of ether oxygens (including phenoxy) is 1. The third kappa shape index (κ3) is 4.30. The highest BCUT2D eigenvalue weighted by atomic mass is 32.2. The quantitative estimate of drug-likeness (QED) is 0.785.